The van der Waals surface area contributed by atoms with Crippen molar-refractivity contribution in [2.75, 3.05) is 18.2 Å². The second-order valence-electron chi connectivity index (χ2n) is 6.46. The van der Waals surface area contributed by atoms with Crippen LogP contribution in [0.2, 0.25) is 0 Å². The number of anilines is 1. The minimum atomic E-state index is -0.373. The highest BCUT2D eigenvalue weighted by Gasteiger charge is 2.29. The predicted octanol–water partition coefficient (Wildman–Crippen LogP) is 5.02. The van der Waals surface area contributed by atoms with Gasteiger partial charge < -0.3 is 10.1 Å². The number of nitrogens with one attached hydrogen (secondary N) is 1. The van der Waals surface area contributed by atoms with Crippen molar-refractivity contribution in [1.29, 1.82) is 0 Å². The molecule has 1 heterocycles. The van der Waals surface area contributed by atoms with Crippen LogP contribution in [0.3, 0.4) is 0 Å². The standard InChI is InChI=1S/C20H23NO3S2/c1-4-25-14-8-6-13(7-9-14)18(22)21-19-17(20(23)24-3)15-10-5-12(2)11-16(15)26-19/h6-9,12H,4-5,10-11H2,1-3H3,(H,21,22). The maximum atomic E-state index is 12.7. The summed E-state index contributed by atoms with van der Waals surface area (Å²) in [5, 5.41) is 3.54. The normalized spacial score (nSPS) is 16.0. The molecule has 0 saturated carbocycles. The number of esters is 1. The molecule has 26 heavy (non-hydrogen) atoms. The Kier molecular flexibility index (Phi) is 6.04. The predicted molar refractivity (Wildman–Crippen MR) is 108 cm³/mol. The van der Waals surface area contributed by atoms with Gasteiger partial charge in [0.2, 0.25) is 0 Å². The van der Waals surface area contributed by atoms with Crippen molar-refractivity contribution in [3.05, 3.63) is 45.8 Å². The Morgan fingerprint density at radius 1 is 1.31 bits per heavy atom. The fourth-order valence-electron chi connectivity index (χ4n) is 3.20. The summed E-state index contributed by atoms with van der Waals surface area (Å²) in [5.41, 5.74) is 2.16. The number of amides is 1. The van der Waals surface area contributed by atoms with Gasteiger partial charge in [-0.25, -0.2) is 4.79 Å². The van der Waals surface area contributed by atoms with Crippen molar-refractivity contribution < 1.29 is 14.3 Å². The van der Waals surface area contributed by atoms with Gasteiger partial charge in [-0.3, -0.25) is 4.79 Å². The van der Waals surface area contributed by atoms with Gasteiger partial charge in [-0.05, 0) is 60.8 Å². The molecule has 1 aromatic carbocycles. The van der Waals surface area contributed by atoms with E-state index in [1.165, 1.54) is 23.3 Å². The minimum absolute atomic E-state index is 0.199. The number of methoxy groups -OCH3 is 1. The van der Waals surface area contributed by atoms with Gasteiger partial charge in [0.15, 0.2) is 0 Å². The molecule has 4 nitrogen and oxygen atoms in total. The van der Waals surface area contributed by atoms with Crippen LogP contribution >= 0.6 is 23.1 Å². The number of benzene rings is 1. The zero-order valence-corrected chi connectivity index (χ0v) is 16.9. The summed E-state index contributed by atoms with van der Waals surface area (Å²) >= 11 is 3.24. The molecule has 138 valence electrons. The summed E-state index contributed by atoms with van der Waals surface area (Å²) in [6.07, 6.45) is 2.86. The van der Waals surface area contributed by atoms with E-state index in [1.807, 2.05) is 24.3 Å². The average Bonchev–Trinajstić information content (AvgIpc) is 2.98. The number of fused-ring (bicyclic) bond motifs is 1. The Morgan fingerprint density at radius 2 is 2.04 bits per heavy atom. The lowest BCUT2D eigenvalue weighted by Gasteiger charge is -2.18. The second kappa shape index (κ2) is 8.27. The first-order valence-corrected chi connectivity index (χ1v) is 10.6. The minimum Gasteiger partial charge on any atom is -0.465 e. The molecule has 0 fully saturated rings. The highest BCUT2D eigenvalue weighted by Crippen LogP contribution is 2.40. The van der Waals surface area contributed by atoms with E-state index in [-0.39, 0.29) is 11.9 Å². The van der Waals surface area contributed by atoms with E-state index in [2.05, 4.69) is 19.2 Å². The lowest BCUT2D eigenvalue weighted by atomic mass is 9.88. The maximum Gasteiger partial charge on any atom is 0.341 e. The number of hydrogen-bond donors (Lipinski definition) is 1. The van der Waals surface area contributed by atoms with Crippen LogP contribution in [0.15, 0.2) is 29.2 Å². The van der Waals surface area contributed by atoms with E-state index >= 15 is 0 Å². The van der Waals surface area contributed by atoms with Gasteiger partial charge in [0.25, 0.3) is 5.91 Å². The van der Waals surface area contributed by atoms with E-state index in [4.69, 9.17) is 4.74 Å². The third-order valence-electron chi connectivity index (χ3n) is 4.56. The van der Waals surface area contributed by atoms with Crippen LogP contribution in [0.4, 0.5) is 5.00 Å². The zero-order chi connectivity index (χ0) is 18.7. The number of thioether (sulfide) groups is 1. The van der Waals surface area contributed by atoms with Crippen molar-refractivity contribution in [3.63, 3.8) is 0 Å². The Balaban J connectivity index is 1.86. The molecule has 0 radical (unpaired) electrons. The largest absolute Gasteiger partial charge is 0.465 e. The highest BCUT2D eigenvalue weighted by atomic mass is 32.2. The monoisotopic (exact) mass is 389 g/mol. The molecule has 0 bridgehead atoms. The van der Waals surface area contributed by atoms with Crippen LogP contribution < -0.4 is 5.32 Å². The average molecular weight is 390 g/mol. The number of thiophene rings is 1. The molecule has 0 aliphatic heterocycles. The van der Waals surface area contributed by atoms with Gasteiger partial charge in [-0.2, -0.15) is 0 Å². The third-order valence-corrected chi connectivity index (χ3v) is 6.62. The van der Waals surface area contributed by atoms with Gasteiger partial charge in [-0.1, -0.05) is 13.8 Å². The Hall–Kier alpha value is -1.79. The molecule has 1 aliphatic rings. The second-order valence-corrected chi connectivity index (χ2v) is 8.90. The fraction of sp³-hybridized carbons (Fsp3) is 0.400. The van der Waals surface area contributed by atoms with Gasteiger partial charge in [0.1, 0.15) is 5.00 Å². The van der Waals surface area contributed by atoms with Crippen molar-refractivity contribution in [2.24, 2.45) is 5.92 Å². The van der Waals surface area contributed by atoms with E-state index in [0.717, 1.165) is 35.5 Å². The molecule has 1 aliphatic carbocycles. The molecule has 1 unspecified atom stereocenters. The molecule has 0 saturated heterocycles. The first kappa shape index (κ1) is 19.0. The molecular weight excluding hydrogens is 366 g/mol. The van der Waals surface area contributed by atoms with Crippen molar-refractivity contribution in [3.8, 4) is 0 Å². The van der Waals surface area contributed by atoms with E-state index in [1.54, 1.807) is 11.8 Å². The Morgan fingerprint density at radius 3 is 2.69 bits per heavy atom. The lowest BCUT2D eigenvalue weighted by Crippen LogP contribution is -2.16. The van der Waals surface area contributed by atoms with E-state index in [9.17, 15) is 9.59 Å². The first-order valence-electron chi connectivity index (χ1n) is 8.80. The van der Waals surface area contributed by atoms with Crippen LogP contribution in [0.25, 0.3) is 0 Å². The summed E-state index contributed by atoms with van der Waals surface area (Å²) < 4.78 is 4.97. The summed E-state index contributed by atoms with van der Waals surface area (Å²) in [4.78, 5) is 27.3. The zero-order valence-electron chi connectivity index (χ0n) is 15.3. The molecule has 1 aromatic heterocycles. The Bertz CT molecular complexity index is 811. The molecule has 6 heteroatoms. The van der Waals surface area contributed by atoms with E-state index in [0.29, 0.717) is 22.0 Å². The summed E-state index contributed by atoms with van der Waals surface area (Å²) in [7, 11) is 1.38. The fourth-order valence-corrected chi connectivity index (χ4v) is 5.26. The maximum absolute atomic E-state index is 12.7. The van der Waals surface area contributed by atoms with Crippen LogP contribution in [-0.2, 0) is 17.6 Å². The quantitative estimate of drug-likeness (QED) is 0.576. The summed E-state index contributed by atoms with van der Waals surface area (Å²) in [5.74, 6) is 1.02. The van der Waals surface area contributed by atoms with Gasteiger partial charge >= 0.3 is 5.97 Å². The number of ether oxygens (including phenoxy) is 1. The number of carbonyl (C=O) groups is 2. The van der Waals surface area contributed by atoms with Gasteiger partial charge in [0, 0.05) is 15.3 Å². The molecule has 1 atom stereocenters. The van der Waals surface area contributed by atoms with Crippen molar-refractivity contribution in [2.45, 2.75) is 38.0 Å². The third kappa shape index (κ3) is 3.96. The first-order chi connectivity index (χ1) is 12.5. The number of carbonyl (C=O) groups excluding carboxylic acids is 2. The van der Waals surface area contributed by atoms with Crippen LogP contribution in [0.5, 0.6) is 0 Å². The van der Waals surface area contributed by atoms with Crippen molar-refractivity contribution >= 4 is 40.0 Å². The topological polar surface area (TPSA) is 55.4 Å². The van der Waals surface area contributed by atoms with Crippen LogP contribution in [0, 0.1) is 5.92 Å². The van der Waals surface area contributed by atoms with Crippen LogP contribution in [-0.4, -0.2) is 24.7 Å². The Labute approximate surface area is 162 Å². The van der Waals surface area contributed by atoms with Crippen molar-refractivity contribution in [1.82, 2.24) is 0 Å². The molecular formula is C20H23NO3S2. The molecule has 0 spiro atoms. The SMILES string of the molecule is CCSc1ccc(C(=O)Nc2sc3c(c2C(=O)OC)CCC(C)C3)cc1. The van der Waals surface area contributed by atoms with E-state index < -0.39 is 0 Å². The molecule has 2 aromatic rings. The smallest absolute Gasteiger partial charge is 0.341 e. The van der Waals surface area contributed by atoms with Gasteiger partial charge in [0.05, 0.1) is 12.7 Å². The molecule has 1 N–H and O–H groups in total. The summed E-state index contributed by atoms with van der Waals surface area (Å²) in [6, 6.07) is 7.54. The molecule has 1 amide bonds. The number of hydrogen-bond acceptors (Lipinski definition) is 5. The van der Waals surface area contributed by atoms with Crippen LogP contribution in [0.1, 0.15) is 51.4 Å². The summed E-state index contributed by atoms with van der Waals surface area (Å²) in [6.45, 7) is 4.31. The number of rotatable bonds is 5. The van der Waals surface area contributed by atoms with Gasteiger partial charge in [-0.15, -0.1) is 23.1 Å². The lowest BCUT2D eigenvalue weighted by molar-refractivity contribution is 0.0601. The molecule has 3 rings (SSSR count). The highest BCUT2D eigenvalue weighted by molar-refractivity contribution is 7.99.